The van der Waals surface area contributed by atoms with E-state index in [-0.39, 0.29) is 6.42 Å². The fourth-order valence-corrected chi connectivity index (χ4v) is 4.66. The topological polar surface area (TPSA) is 124 Å². The molecule has 0 radical (unpaired) electrons. The highest BCUT2D eigenvalue weighted by molar-refractivity contribution is 7.85. The zero-order valence-electron chi connectivity index (χ0n) is 21.6. The third kappa shape index (κ3) is 20.4. The van der Waals surface area contributed by atoms with Gasteiger partial charge in [0.1, 0.15) is 6.10 Å². The molecular weight excluding hydrogens is 454 g/mol. The minimum Gasteiger partial charge on any atom is -0.387 e. The monoisotopic (exact) mass is 505 g/mol. The predicted octanol–water partition coefficient (Wildman–Crippen LogP) is 5.31. The number of allylic oxidation sites excluding steroid dienone is 1. The highest BCUT2D eigenvalue weighted by atomic mass is 32.2. The van der Waals surface area contributed by atoms with Crippen LogP contribution in [-0.2, 0) is 14.9 Å². The molecule has 0 aromatic rings. The molecule has 3 unspecified atom stereocenters. The third-order valence-corrected chi connectivity index (χ3v) is 6.85. The predicted molar refractivity (Wildman–Crippen MR) is 139 cm³/mol. The Kier molecular flexibility index (Phi) is 20.7. The van der Waals surface area contributed by atoms with Gasteiger partial charge in [-0.2, -0.15) is 8.42 Å². The normalized spacial score (nSPS) is 14.9. The Balaban J connectivity index is 4.32. The van der Waals surface area contributed by atoms with E-state index in [1.807, 2.05) is 0 Å². The van der Waals surface area contributed by atoms with Crippen molar-refractivity contribution in [1.29, 1.82) is 0 Å². The Labute approximate surface area is 208 Å². The summed E-state index contributed by atoms with van der Waals surface area (Å²) < 4.78 is 31.9. The molecule has 0 aliphatic heterocycles. The number of carbonyl (C=O) groups excluding carboxylic acids is 1. The first-order valence-corrected chi connectivity index (χ1v) is 15.1. The second-order valence-electron chi connectivity index (χ2n) is 9.47. The van der Waals surface area contributed by atoms with Crippen LogP contribution >= 0.6 is 0 Å². The lowest BCUT2D eigenvalue weighted by Crippen LogP contribution is -2.50. The first-order valence-electron chi connectivity index (χ1n) is 13.5. The third-order valence-electron chi connectivity index (χ3n) is 6.07. The summed E-state index contributed by atoms with van der Waals surface area (Å²) in [6, 6.07) is -1.22. The number of aliphatic hydroxyl groups excluding tert-OH is 2. The molecule has 0 spiro atoms. The number of carbonyl (C=O) groups is 1. The van der Waals surface area contributed by atoms with E-state index in [9.17, 15) is 28.0 Å². The maximum absolute atomic E-state index is 12.3. The van der Waals surface area contributed by atoms with Crippen LogP contribution in [0.25, 0.3) is 0 Å². The van der Waals surface area contributed by atoms with Crippen LogP contribution in [0.5, 0.6) is 0 Å². The van der Waals surface area contributed by atoms with E-state index in [0.29, 0.717) is 6.42 Å². The minimum atomic E-state index is -4.41. The molecule has 0 fully saturated rings. The lowest BCUT2D eigenvalue weighted by Gasteiger charge is -2.22. The molecule has 0 aliphatic carbocycles. The van der Waals surface area contributed by atoms with Crippen molar-refractivity contribution in [3.8, 4) is 0 Å². The van der Waals surface area contributed by atoms with Crippen LogP contribution < -0.4 is 5.32 Å². The summed E-state index contributed by atoms with van der Waals surface area (Å²) in [7, 11) is -4.41. The molecule has 4 N–H and O–H groups in total. The number of hydrogen-bond donors (Lipinski definition) is 4. The van der Waals surface area contributed by atoms with Gasteiger partial charge in [-0.1, -0.05) is 116 Å². The molecule has 1 amide bonds. The molecule has 0 aliphatic rings. The van der Waals surface area contributed by atoms with Crippen molar-refractivity contribution >= 4 is 16.0 Å². The summed E-state index contributed by atoms with van der Waals surface area (Å²) in [5, 5.41) is 22.9. The summed E-state index contributed by atoms with van der Waals surface area (Å²) in [6.45, 7) is 4.36. The standard InChI is InChI=1S/C26H51NO6S/c1-3-5-7-9-11-12-13-15-17-19-21-25(29)26(30)27-23(22-34(31,32)33)24(28)20-18-16-14-10-8-6-4-2/h18,20,23-25,28-29H,3-17,19,21-22H2,1-2H3,(H,27,30)(H,31,32,33)/b20-18+. The number of nitrogens with one attached hydrogen (secondary N) is 1. The number of aliphatic hydroxyl groups is 2. The van der Waals surface area contributed by atoms with E-state index >= 15 is 0 Å². The van der Waals surface area contributed by atoms with Crippen molar-refractivity contribution in [2.24, 2.45) is 0 Å². The highest BCUT2D eigenvalue weighted by Crippen LogP contribution is 2.13. The van der Waals surface area contributed by atoms with Gasteiger partial charge in [0.15, 0.2) is 0 Å². The van der Waals surface area contributed by atoms with Crippen LogP contribution in [0, 0.1) is 0 Å². The molecule has 0 aromatic heterocycles. The van der Waals surface area contributed by atoms with Crippen molar-refractivity contribution in [2.75, 3.05) is 5.75 Å². The SMILES string of the molecule is CCCCCCC/C=C/C(O)C(CS(=O)(=O)O)NC(=O)C(O)CCCCCCCCCCCC. The minimum absolute atomic E-state index is 0.282. The van der Waals surface area contributed by atoms with Gasteiger partial charge in [-0.15, -0.1) is 0 Å². The first kappa shape index (κ1) is 33.0. The Bertz CT molecular complexity index is 623. The van der Waals surface area contributed by atoms with Gasteiger partial charge < -0.3 is 15.5 Å². The van der Waals surface area contributed by atoms with Gasteiger partial charge in [-0.05, 0) is 19.3 Å². The molecule has 3 atom stereocenters. The quantitative estimate of drug-likeness (QED) is 0.0847. The van der Waals surface area contributed by atoms with Crippen molar-refractivity contribution in [1.82, 2.24) is 5.32 Å². The second-order valence-corrected chi connectivity index (χ2v) is 11.0. The summed E-state index contributed by atoms with van der Waals surface area (Å²) in [6.07, 6.45) is 18.7. The van der Waals surface area contributed by atoms with Gasteiger partial charge in [-0.25, -0.2) is 0 Å². The maximum Gasteiger partial charge on any atom is 0.267 e. The van der Waals surface area contributed by atoms with Gasteiger partial charge in [0.05, 0.1) is 17.9 Å². The van der Waals surface area contributed by atoms with E-state index in [1.54, 1.807) is 6.08 Å². The van der Waals surface area contributed by atoms with Crippen molar-refractivity contribution in [3.05, 3.63) is 12.2 Å². The average Bonchev–Trinajstić information content (AvgIpc) is 2.78. The molecule has 0 saturated carbocycles. The Morgan fingerprint density at radius 3 is 1.76 bits per heavy atom. The highest BCUT2D eigenvalue weighted by Gasteiger charge is 2.27. The van der Waals surface area contributed by atoms with E-state index in [1.165, 1.54) is 51.0 Å². The van der Waals surface area contributed by atoms with Crippen LogP contribution in [0.1, 0.15) is 123 Å². The smallest absolute Gasteiger partial charge is 0.267 e. The Hall–Kier alpha value is -0.960. The van der Waals surface area contributed by atoms with Crippen LogP contribution in [0.3, 0.4) is 0 Å². The molecule has 0 aromatic carbocycles. The van der Waals surface area contributed by atoms with Crippen LogP contribution in [0.2, 0.25) is 0 Å². The summed E-state index contributed by atoms with van der Waals surface area (Å²) in [5.74, 6) is -1.54. The van der Waals surface area contributed by atoms with Crippen molar-refractivity contribution in [3.63, 3.8) is 0 Å². The van der Waals surface area contributed by atoms with E-state index in [4.69, 9.17) is 0 Å². The summed E-state index contributed by atoms with van der Waals surface area (Å²) >= 11 is 0. The molecule has 0 rings (SSSR count). The Morgan fingerprint density at radius 1 is 0.794 bits per heavy atom. The number of unbranched alkanes of at least 4 members (excludes halogenated alkanes) is 14. The van der Waals surface area contributed by atoms with Gasteiger partial charge in [-0.3, -0.25) is 9.35 Å². The fourth-order valence-electron chi connectivity index (χ4n) is 3.92. The lowest BCUT2D eigenvalue weighted by molar-refractivity contribution is -0.130. The van der Waals surface area contributed by atoms with Crippen LogP contribution in [0.15, 0.2) is 12.2 Å². The second kappa shape index (κ2) is 21.3. The zero-order valence-corrected chi connectivity index (χ0v) is 22.4. The van der Waals surface area contributed by atoms with E-state index in [0.717, 1.165) is 51.4 Å². The van der Waals surface area contributed by atoms with E-state index in [2.05, 4.69) is 19.2 Å². The number of hydrogen-bond acceptors (Lipinski definition) is 5. The molecule has 202 valence electrons. The fraction of sp³-hybridized carbons (Fsp3) is 0.885. The molecule has 7 nitrogen and oxygen atoms in total. The molecule has 0 heterocycles. The first-order chi connectivity index (χ1) is 16.2. The molecule has 8 heteroatoms. The van der Waals surface area contributed by atoms with Gasteiger partial charge in [0.25, 0.3) is 10.1 Å². The van der Waals surface area contributed by atoms with E-state index < -0.39 is 40.0 Å². The number of amides is 1. The summed E-state index contributed by atoms with van der Waals surface area (Å²) in [4.78, 5) is 12.3. The van der Waals surface area contributed by atoms with Gasteiger partial charge >= 0.3 is 0 Å². The van der Waals surface area contributed by atoms with Gasteiger partial charge in [0, 0.05) is 0 Å². The van der Waals surface area contributed by atoms with Gasteiger partial charge in [0.2, 0.25) is 5.91 Å². The Morgan fingerprint density at radius 2 is 1.26 bits per heavy atom. The largest absolute Gasteiger partial charge is 0.387 e. The molecule has 0 bridgehead atoms. The molecule has 34 heavy (non-hydrogen) atoms. The summed E-state index contributed by atoms with van der Waals surface area (Å²) in [5.41, 5.74) is 0. The number of rotatable bonds is 23. The molecular formula is C26H51NO6S. The lowest BCUT2D eigenvalue weighted by atomic mass is 10.0. The maximum atomic E-state index is 12.3. The molecule has 0 saturated heterocycles. The van der Waals surface area contributed by atoms with Crippen LogP contribution in [0.4, 0.5) is 0 Å². The average molecular weight is 506 g/mol. The van der Waals surface area contributed by atoms with Crippen LogP contribution in [-0.4, -0.2) is 53.1 Å². The van der Waals surface area contributed by atoms with Crippen molar-refractivity contribution < 1.29 is 28.0 Å². The zero-order chi connectivity index (χ0) is 25.7. The van der Waals surface area contributed by atoms with Crippen molar-refractivity contribution in [2.45, 2.75) is 141 Å².